The lowest BCUT2D eigenvalue weighted by Crippen LogP contribution is -2.34. The fraction of sp³-hybridized carbons (Fsp3) is 0.786. The van der Waals surface area contributed by atoms with Crippen molar-refractivity contribution in [1.82, 2.24) is 16.0 Å². The second kappa shape index (κ2) is 10.1. The maximum atomic E-state index is 4.45. The number of nitrogens with one attached hydrogen (secondary N) is 3. The van der Waals surface area contributed by atoms with E-state index < -0.39 is 0 Å². The van der Waals surface area contributed by atoms with Crippen molar-refractivity contribution in [2.45, 2.75) is 45.2 Å². The molecule has 0 aromatic rings. The predicted octanol–water partition coefficient (Wildman–Crippen LogP) is 1.30. The van der Waals surface area contributed by atoms with Gasteiger partial charge in [-0.05, 0) is 52.1 Å². The number of aliphatic imine (C=N–C) groups is 1. The minimum Gasteiger partial charge on any atom is -0.387 e. The first-order valence-electron chi connectivity index (χ1n) is 7.15. The van der Waals surface area contributed by atoms with Crippen molar-refractivity contribution in [1.29, 1.82) is 0 Å². The summed E-state index contributed by atoms with van der Waals surface area (Å²) in [6, 6.07) is 0.809. The van der Waals surface area contributed by atoms with Crippen LogP contribution in [0.4, 0.5) is 0 Å². The minimum atomic E-state index is 0.349. The number of nitrogens with zero attached hydrogens (tertiary/aromatic N) is 1. The van der Waals surface area contributed by atoms with E-state index in [4.69, 9.17) is 0 Å². The Balaban J connectivity index is 2.34. The van der Waals surface area contributed by atoms with Gasteiger partial charge in [0.2, 0.25) is 0 Å². The summed E-state index contributed by atoms with van der Waals surface area (Å²) < 4.78 is 0. The Kier molecular flexibility index (Phi) is 8.51. The van der Waals surface area contributed by atoms with E-state index in [1.807, 2.05) is 18.5 Å². The lowest BCUT2D eigenvalue weighted by molar-refractivity contribution is 0.523. The zero-order valence-corrected chi connectivity index (χ0v) is 11.8. The van der Waals surface area contributed by atoms with Gasteiger partial charge >= 0.3 is 0 Å². The lowest BCUT2D eigenvalue weighted by atomic mass is 10.2. The Morgan fingerprint density at radius 1 is 1.00 bits per heavy atom. The lowest BCUT2D eigenvalue weighted by Gasteiger charge is -2.13. The van der Waals surface area contributed by atoms with E-state index >= 15 is 0 Å². The Hall–Kier alpha value is -0.870. The van der Waals surface area contributed by atoms with Gasteiger partial charge in [0.1, 0.15) is 0 Å². The van der Waals surface area contributed by atoms with Crippen LogP contribution in [0.1, 0.15) is 33.1 Å². The van der Waals surface area contributed by atoms with Gasteiger partial charge in [-0.3, -0.25) is 4.99 Å². The molecule has 0 aromatic heterocycles. The summed E-state index contributed by atoms with van der Waals surface area (Å²) in [5.41, 5.74) is 0. The quantitative estimate of drug-likeness (QED) is 0.609. The van der Waals surface area contributed by atoms with Crippen LogP contribution < -0.4 is 16.0 Å². The van der Waals surface area contributed by atoms with Gasteiger partial charge in [-0.1, -0.05) is 6.42 Å². The zero-order valence-electron chi connectivity index (χ0n) is 11.8. The van der Waals surface area contributed by atoms with Crippen molar-refractivity contribution >= 4 is 6.21 Å². The molecule has 0 unspecified atom stereocenters. The van der Waals surface area contributed by atoms with Crippen molar-refractivity contribution in [3.05, 3.63) is 12.3 Å². The van der Waals surface area contributed by atoms with Crippen molar-refractivity contribution in [3.8, 4) is 0 Å². The van der Waals surface area contributed by atoms with Crippen LogP contribution in [0.2, 0.25) is 0 Å². The third-order valence-corrected chi connectivity index (χ3v) is 3.00. The van der Waals surface area contributed by atoms with Crippen molar-refractivity contribution in [2.24, 2.45) is 4.99 Å². The van der Waals surface area contributed by atoms with Gasteiger partial charge in [0.05, 0.1) is 6.04 Å². The molecule has 0 aromatic carbocycles. The Bertz CT molecular complexity index is 250. The van der Waals surface area contributed by atoms with E-state index in [9.17, 15) is 0 Å². The Labute approximate surface area is 111 Å². The number of hydrogen-bond donors (Lipinski definition) is 3. The molecular formula is C14H28N4. The van der Waals surface area contributed by atoms with Crippen LogP contribution in [0.15, 0.2) is 17.3 Å². The molecule has 4 heteroatoms. The molecule has 1 rings (SSSR count). The van der Waals surface area contributed by atoms with Gasteiger partial charge in [-0.25, -0.2) is 0 Å². The van der Waals surface area contributed by atoms with Crippen LogP contribution in [-0.2, 0) is 0 Å². The SMILES string of the molecule is C[C@H]1CNCCCCCNC[C@H](C)N/C=C\C=N1. The smallest absolute Gasteiger partial charge is 0.0595 e. The highest BCUT2D eigenvalue weighted by molar-refractivity contribution is 5.70. The van der Waals surface area contributed by atoms with Crippen molar-refractivity contribution in [3.63, 3.8) is 0 Å². The summed E-state index contributed by atoms with van der Waals surface area (Å²) in [6.45, 7) is 8.52. The zero-order chi connectivity index (χ0) is 13.1. The molecule has 2 atom stereocenters. The minimum absolute atomic E-state index is 0.349. The first kappa shape index (κ1) is 15.2. The summed E-state index contributed by atoms with van der Waals surface area (Å²) in [4.78, 5) is 4.45. The second-order valence-electron chi connectivity index (χ2n) is 5.04. The molecule has 0 saturated heterocycles. The van der Waals surface area contributed by atoms with E-state index in [0.29, 0.717) is 12.1 Å². The maximum Gasteiger partial charge on any atom is 0.0595 e. The van der Waals surface area contributed by atoms with Gasteiger partial charge in [0.25, 0.3) is 0 Å². The summed E-state index contributed by atoms with van der Waals surface area (Å²) in [5, 5.41) is 10.3. The molecule has 0 radical (unpaired) electrons. The summed E-state index contributed by atoms with van der Waals surface area (Å²) in [5.74, 6) is 0. The Morgan fingerprint density at radius 3 is 2.50 bits per heavy atom. The first-order valence-corrected chi connectivity index (χ1v) is 7.15. The average molecular weight is 252 g/mol. The highest BCUT2D eigenvalue weighted by Gasteiger charge is 1.99. The fourth-order valence-electron chi connectivity index (χ4n) is 1.88. The van der Waals surface area contributed by atoms with E-state index in [-0.39, 0.29) is 0 Å². The second-order valence-corrected chi connectivity index (χ2v) is 5.04. The third-order valence-electron chi connectivity index (χ3n) is 3.00. The molecule has 4 nitrogen and oxygen atoms in total. The van der Waals surface area contributed by atoms with Crippen LogP contribution in [0.3, 0.4) is 0 Å². The van der Waals surface area contributed by atoms with Crippen LogP contribution in [0.5, 0.6) is 0 Å². The standard InChI is InChI=1S/C14H28N4/c1-13-11-15-7-4-3-5-8-16-12-14(2)18-10-6-9-17-13/h6,9-10,13-17H,3-5,7-8,11-12H2,1-2H3/b9-6-,18-10?/t13-,14-/m0/s1. The summed E-state index contributed by atoms with van der Waals surface area (Å²) >= 11 is 0. The monoisotopic (exact) mass is 252 g/mol. The highest BCUT2D eigenvalue weighted by Crippen LogP contribution is 1.94. The third kappa shape index (κ3) is 8.25. The van der Waals surface area contributed by atoms with Crippen LogP contribution in [0, 0.1) is 0 Å². The van der Waals surface area contributed by atoms with E-state index in [1.165, 1.54) is 19.3 Å². The fourth-order valence-corrected chi connectivity index (χ4v) is 1.88. The van der Waals surface area contributed by atoms with Crippen molar-refractivity contribution < 1.29 is 0 Å². The van der Waals surface area contributed by atoms with Gasteiger partial charge in [-0.2, -0.15) is 0 Å². The molecule has 0 fully saturated rings. The maximum absolute atomic E-state index is 4.45. The predicted molar refractivity (Wildman–Crippen MR) is 79.3 cm³/mol. The highest BCUT2D eigenvalue weighted by atomic mass is 15.0. The van der Waals surface area contributed by atoms with Gasteiger partial charge in [0, 0.05) is 25.3 Å². The molecule has 0 bridgehead atoms. The molecule has 1 aliphatic heterocycles. The molecule has 104 valence electrons. The van der Waals surface area contributed by atoms with Crippen molar-refractivity contribution in [2.75, 3.05) is 26.2 Å². The summed E-state index contributed by atoms with van der Waals surface area (Å²) in [7, 11) is 0. The number of hydrogen-bond acceptors (Lipinski definition) is 4. The van der Waals surface area contributed by atoms with E-state index in [2.05, 4.69) is 34.8 Å². The van der Waals surface area contributed by atoms with E-state index in [1.54, 1.807) is 0 Å². The molecule has 0 spiro atoms. The normalized spacial score (nSPS) is 30.6. The van der Waals surface area contributed by atoms with Gasteiger partial charge in [-0.15, -0.1) is 0 Å². The molecule has 18 heavy (non-hydrogen) atoms. The summed E-state index contributed by atoms with van der Waals surface area (Å²) in [6.07, 6.45) is 9.63. The van der Waals surface area contributed by atoms with Crippen LogP contribution in [0.25, 0.3) is 0 Å². The Morgan fingerprint density at radius 2 is 1.72 bits per heavy atom. The van der Waals surface area contributed by atoms with Gasteiger partial charge < -0.3 is 16.0 Å². The molecule has 1 heterocycles. The molecular weight excluding hydrogens is 224 g/mol. The molecule has 0 amide bonds. The van der Waals surface area contributed by atoms with E-state index in [0.717, 1.165) is 26.2 Å². The van der Waals surface area contributed by atoms with Gasteiger partial charge in [0.15, 0.2) is 0 Å². The van der Waals surface area contributed by atoms with Crippen LogP contribution in [-0.4, -0.2) is 44.5 Å². The largest absolute Gasteiger partial charge is 0.387 e. The first-order chi connectivity index (χ1) is 8.79. The molecule has 0 saturated carbocycles. The molecule has 1 aliphatic rings. The topological polar surface area (TPSA) is 48.4 Å². The number of rotatable bonds is 0. The average Bonchev–Trinajstić information content (AvgIpc) is 2.35. The molecule has 0 aliphatic carbocycles. The molecule has 3 N–H and O–H groups in total. The van der Waals surface area contributed by atoms with Crippen LogP contribution >= 0.6 is 0 Å². The number of allylic oxidation sites excluding steroid dienone is 1.